The Morgan fingerprint density at radius 1 is 1.35 bits per heavy atom. The van der Waals surface area contributed by atoms with Crippen molar-refractivity contribution >= 4 is 5.91 Å². The molecule has 0 saturated carbocycles. The number of benzene rings is 1. The second kappa shape index (κ2) is 6.03. The standard InChI is InChI=1S/C14H13NO5/c15-14(18)10-3-1-2-9(4-10)7-20-13-8-19-11(6-16)5-12(13)17/h1-5,8,16H,6-7H2,(H2,15,18). The van der Waals surface area contributed by atoms with Crippen LogP contribution >= 0.6 is 0 Å². The first-order valence-electron chi connectivity index (χ1n) is 5.84. The third-order valence-electron chi connectivity index (χ3n) is 2.61. The molecular weight excluding hydrogens is 262 g/mol. The molecule has 1 heterocycles. The van der Waals surface area contributed by atoms with Gasteiger partial charge in [0.1, 0.15) is 25.2 Å². The van der Waals surface area contributed by atoms with Gasteiger partial charge < -0.3 is 20.0 Å². The summed E-state index contributed by atoms with van der Waals surface area (Å²) in [5.41, 5.74) is 5.86. The second-order valence-electron chi connectivity index (χ2n) is 4.09. The Hall–Kier alpha value is -2.60. The van der Waals surface area contributed by atoms with Crippen molar-refractivity contribution in [2.75, 3.05) is 0 Å². The van der Waals surface area contributed by atoms with Crippen LogP contribution in [0, 0.1) is 0 Å². The zero-order chi connectivity index (χ0) is 14.5. The lowest BCUT2D eigenvalue weighted by Gasteiger charge is -2.06. The molecular formula is C14H13NO5. The molecule has 0 atom stereocenters. The molecule has 6 heteroatoms. The van der Waals surface area contributed by atoms with Gasteiger partial charge in [0.25, 0.3) is 0 Å². The fourth-order valence-electron chi connectivity index (χ4n) is 1.60. The molecule has 0 aliphatic carbocycles. The number of hydrogen-bond donors (Lipinski definition) is 2. The van der Waals surface area contributed by atoms with Crippen LogP contribution in [0.5, 0.6) is 5.75 Å². The Bertz CT molecular complexity index is 677. The van der Waals surface area contributed by atoms with Crippen LogP contribution in [-0.4, -0.2) is 11.0 Å². The molecule has 3 N–H and O–H groups in total. The van der Waals surface area contributed by atoms with Crippen molar-refractivity contribution in [3.05, 3.63) is 63.7 Å². The Morgan fingerprint density at radius 2 is 2.15 bits per heavy atom. The quantitative estimate of drug-likeness (QED) is 0.840. The Labute approximate surface area is 114 Å². The fourth-order valence-corrected chi connectivity index (χ4v) is 1.60. The molecule has 0 aliphatic rings. The van der Waals surface area contributed by atoms with E-state index in [1.807, 2.05) is 0 Å². The van der Waals surface area contributed by atoms with Crippen LogP contribution in [0.3, 0.4) is 0 Å². The van der Waals surface area contributed by atoms with Gasteiger partial charge in [-0.05, 0) is 17.7 Å². The van der Waals surface area contributed by atoms with E-state index in [1.165, 1.54) is 0 Å². The van der Waals surface area contributed by atoms with Gasteiger partial charge in [0.15, 0.2) is 0 Å². The summed E-state index contributed by atoms with van der Waals surface area (Å²) in [6, 6.07) is 7.77. The average Bonchev–Trinajstić information content (AvgIpc) is 2.46. The van der Waals surface area contributed by atoms with Crippen molar-refractivity contribution in [3.63, 3.8) is 0 Å². The lowest BCUT2D eigenvalue weighted by Crippen LogP contribution is -2.12. The van der Waals surface area contributed by atoms with Gasteiger partial charge in [-0.2, -0.15) is 0 Å². The number of carbonyl (C=O) groups excluding carboxylic acids is 1. The summed E-state index contributed by atoms with van der Waals surface area (Å²) in [7, 11) is 0. The molecule has 0 unspecified atom stereocenters. The molecule has 0 bridgehead atoms. The van der Waals surface area contributed by atoms with E-state index in [1.54, 1.807) is 24.3 Å². The maximum absolute atomic E-state index is 11.6. The van der Waals surface area contributed by atoms with Gasteiger partial charge in [0, 0.05) is 11.6 Å². The molecule has 20 heavy (non-hydrogen) atoms. The Kier molecular flexibility index (Phi) is 4.17. The summed E-state index contributed by atoms with van der Waals surface area (Å²) in [5.74, 6) is -0.330. The first kappa shape index (κ1) is 13.8. The molecule has 1 aromatic heterocycles. The zero-order valence-electron chi connectivity index (χ0n) is 10.5. The number of hydrogen-bond acceptors (Lipinski definition) is 5. The largest absolute Gasteiger partial charge is 0.482 e. The van der Waals surface area contributed by atoms with Crippen molar-refractivity contribution < 1.29 is 19.1 Å². The van der Waals surface area contributed by atoms with Crippen molar-refractivity contribution in [2.24, 2.45) is 5.73 Å². The first-order chi connectivity index (χ1) is 9.60. The van der Waals surface area contributed by atoms with Crippen molar-refractivity contribution in [1.29, 1.82) is 0 Å². The van der Waals surface area contributed by atoms with Crippen molar-refractivity contribution in [3.8, 4) is 5.75 Å². The van der Waals surface area contributed by atoms with E-state index in [-0.39, 0.29) is 30.2 Å². The summed E-state index contributed by atoms with van der Waals surface area (Å²) in [6.07, 6.45) is 1.14. The maximum atomic E-state index is 11.6. The Balaban J connectivity index is 2.11. The number of amides is 1. The Morgan fingerprint density at radius 3 is 2.80 bits per heavy atom. The number of rotatable bonds is 5. The van der Waals surface area contributed by atoms with Crippen LogP contribution < -0.4 is 15.9 Å². The van der Waals surface area contributed by atoms with Gasteiger partial charge in [0.2, 0.25) is 17.1 Å². The molecule has 6 nitrogen and oxygen atoms in total. The van der Waals surface area contributed by atoms with Gasteiger partial charge in [-0.1, -0.05) is 12.1 Å². The van der Waals surface area contributed by atoms with Gasteiger partial charge in [0.05, 0.1) is 0 Å². The maximum Gasteiger partial charge on any atom is 0.248 e. The zero-order valence-corrected chi connectivity index (χ0v) is 10.5. The minimum Gasteiger partial charge on any atom is -0.482 e. The minimum atomic E-state index is -0.529. The van der Waals surface area contributed by atoms with E-state index in [9.17, 15) is 9.59 Å². The lowest BCUT2D eigenvalue weighted by molar-refractivity contribution is 0.1000. The molecule has 0 spiro atoms. The van der Waals surface area contributed by atoms with E-state index < -0.39 is 5.91 Å². The summed E-state index contributed by atoms with van der Waals surface area (Å²) in [4.78, 5) is 22.7. The van der Waals surface area contributed by atoms with E-state index in [0.29, 0.717) is 11.1 Å². The van der Waals surface area contributed by atoms with E-state index in [4.69, 9.17) is 20.0 Å². The van der Waals surface area contributed by atoms with Gasteiger partial charge in [-0.15, -0.1) is 0 Å². The van der Waals surface area contributed by atoms with Crippen molar-refractivity contribution in [2.45, 2.75) is 13.2 Å². The molecule has 104 valence electrons. The number of nitrogens with two attached hydrogens (primary N) is 1. The number of aliphatic hydroxyl groups is 1. The predicted molar refractivity (Wildman–Crippen MR) is 70.2 cm³/mol. The smallest absolute Gasteiger partial charge is 0.248 e. The van der Waals surface area contributed by atoms with E-state index in [0.717, 1.165) is 12.3 Å². The van der Waals surface area contributed by atoms with Crippen LogP contribution in [0.4, 0.5) is 0 Å². The van der Waals surface area contributed by atoms with Crippen LogP contribution in [0.1, 0.15) is 21.7 Å². The monoisotopic (exact) mass is 275 g/mol. The van der Waals surface area contributed by atoms with Crippen molar-refractivity contribution in [1.82, 2.24) is 0 Å². The second-order valence-corrected chi connectivity index (χ2v) is 4.09. The highest BCUT2D eigenvalue weighted by molar-refractivity contribution is 5.92. The van der Waals surface area contributed by atoms with E-state index >= 15 is 0 Å². The molecule has 1 aromatic carbocycles. The number of primary amides is 1. The van der Waals surface area contributed by atoms with Crippen LogP contribution in [0.25, 0.3) is 0 Å². The summed E-state index contributed by atoms with van der Waals surface area (Å²) in [6.45, 7) is -0.249. The van der Waals surface area contributed by atoms with Crippen LogP contribution in [0.15, 0.2) is 45.8 Å². The third-order valence-corrected chi connectivity index (χ3v) is 2.61. The lowest BCUT2D eigenvalue weighted by atomic mass is 10.1. The molecule has 0 fully saturated rings. The number of aliphatic hydroxyl groups excluding tert-OH is 1. The van der Waals surface area contributed by atoms with Gasteiger partial charge >= 0.3 is 0 Å². The summed E-state index contributed by atoms with van der Waals surface area (Å²) < 4.78 is 10.3. The first-order valence-corrected chi connectivity index (χ1v) is 5.84. The molecule has 2 aromatic rings. The molecule has 2 rings (SSSR count). The highest BCUT2D eigenvalue weighted by Crippen LogP contribution is 2.10. The van der Waals surface area contributed by atoms with Gasteiger partial charge in [-0.25, -0.2) is 0 Å². The van der Waals surface area contributed by atoms with Gasteiger partial charge in [-0.3, -0.25) is 9.59 Å². The van der Waals surface area contributed by atoms with Crippen LogP contribution in [-0.2, 0) is 13.2 Å². The topological polar surface area (TPSA) is 103 Å². The highest BCUT2D eigenvalue weighted by atomic mass is 16.5. The highest BCUT2D eigenvalue weighted by Gasteiger charge is 2.06. The minimum absolute atomic E-state index is 0.0340. The number of carbonyl (C=O) groups is 1. The third kappa shape index (κ3) is 3.24. The molecule has 1 amide bonds. The predicted octanol–water partition coefficient (Wildman–Crippen LogP) is 0.810. The summed E-state index contributed by atoms with van der Waals surface area (Å²) >= 11 is 0. The number of ether oxygens (including phenoxy) is 1. The molecule has 0 aliphatic heterocycles. The van der Waals surface area contributed by atoms with E-state index in [2.05, 4.69) is 0 Å². The fraction of sp³-hybridized carbons (Fsp3) is 0.143. The summed E-state index contributed by atoms with van der Waals surface area (Å²) in [5, 5.41) is 8.83. The average molecular weight is 275 g/mol. The van der Waals surface area contributed by atoms with Crippen LogP contribution in [0.2, 0.25) is 0 Å². The molecule has 0 saturated heterocycles. The molecule has 0 radical (unpaired) electrons. The normalized spacial score (nSPS) is 10.2. The SMILES string of the molecule is NC(=O)c1cccc(COc2coc(CO)cc2=O)c1.